The molecule has 1 heterocycles. The number of likely N-dealkylation sites (N-methyl/N-ethyl adjacent to an activating group) is 1. The molecule has 0 aromatic heterocycles. The number of rotatable bonds is 5. The van der Waals surface area contributed by atoms with Crippen LogP contribution in [0.5, 0.6) is 0 Å². The van der Waals surface area contributed by atoms with Gasteiger partial charge in [0.1, 0.15) is 11.4 Å². The molecule has 1 saturated carbocycles. The topological polar surface area (TPSA) is 52.6 Å². The third-order valence-electron chi connectivity index (χ3n) is 5.29. The zero-order valence-electron chi connectivity index (χ0n) is 13.5. The predicted molar refractivity (Wildman–Crippen MR) is 94.3 cm³/mol. The first kappa shape index (κ1) is 15.9. The molecule has 2 fully saturated rings. The molecule has 0 atom stereocenters. The maximum Gasteiger partial charge on any atom is 0.253 e. The molecule has 0 amide bonds. The van der Waals surface area contributed by atoms with Gasteiger partial charge < -0.3 is 15.1 Å². The second kappa shape index (κ2) is 6.24. The first-order chi connectivity index (χ1) is 10.6. The lowest BCUT2D eigenvalue weighted by atomic mass is 9.95. The van der Waals surface area contributed by atoms with Crippen molar-refractivity contribution in [2.24, 2.45) is 0 Å². The van der Waals surface area contributed by atoms with Crippen molar-refractivity contribution in [3.05, 3.63) is 20.4 Å². The molecule has 5 nitrogen and oxygen atoms in total. The fourth-order valence-corrected chi connectivity index (χ4v) is 4.60. The molecule has 0 bridgehead atoms. The summed E-state index contributed by atoms with van der Waals surface area (Å²) in [7, 11) is 4.22. The fraction of sp³-hybridized carbons (Fsp3) is 0.750. The van der Waals surface area contributed by atoms with Crippen LogP contribution in [0, 0.1) is 0 Å². The van der Waals surface area contributed by atoms with E-state index in [-0.39, 0.29) is 16.4 Å². The van der Waals surface area contributed by atoms with Gasteiger partial charge in [0, 0.05) is 36.7 Å². The molecule has 3 rings (SSSR count). The van der Waals surface area contributed by atoms with Crippen molar-refractivity contribution < 1.29 is 0 Å². The minimum Gasteiger partial charge on any atom is -0.378 e. The minimum absolute atomic E-state index is 0.120. The smallest absolute Gasteiger partial charge is 0.253 e. The molecule has 2 aliphatic rings. The van der Waals surface area contributed by atoms with E-state index in [1.54, 1.807) is 0 Å². The van der Waals surface area contributed by atoms with Gasteiger partial charge in [0.05, 0.1) is 0 Å². The molecule has 0 radical (unpaired) electrons. The van der Waals surface area contributed by atoms with Crippen molar-refractivity contribution in [1.29, 1.82) is 0 Å². The number of nitrogens with one attached hydrogen (secondary N) is 1. The Hall–Kier alpha value is -1.01. The highest BCUT2D eigenvalue weighted by Crippen LogP contribution is 2.34. The van der Waals surface area contributed by atoms with Crippen molar-refractivity contribution in [3.63, 3.8) is 0 Å². The second-order valence-electron chi connectivity index (χ2n) is 6.66. The molecule has 6 heteroatoms. The van der Waals surface area contributed by atoms with Crippen molar-refractivity contribution >= 4 is 23.1 Å². The molecule has 1 aliphatic carbocycles. The fourth-order valence-electron chi connectivity index (χ4n) is 3.70. The molecule has 1 saturated heterocycles. The lowest BCUT2D eigenvalue weighted by molar-refractivity contribution is 0.172. The summed E-state index contributed by atoms with van der Waals surface area (Å²) >= 11 is 1.90. The molecule has 0 spiro atoms. The second-order valence-corrected chi connectivity index (χ2v) is 7.89. The van der Waals surface area contributed by atoms with E-state index in [9.17, 15) is 9.59 Å². The first-order valence-electron chi connectivity index (χ1n) is 8.12. The van der Waals surface area contributed by atoms with Crippen molar-refractivity contribution in [1.82, 2.24) is 4.90 Å². The van der Waals surface area contributed by atoms with Crippen molar-refractivity contribution in [3.8, 4) is 0 Å². The van der Waals surface area contributed by atoms with Crippen LogP contribution in [-0.4, -0.2) is 55.7 Å². The normalized spacial score (nSPS) is 21.7. The third-order valence-corrected chi connectivity index (χ3v) is 6.23. The summed E-state index contributed by atoms with van der Waals surface area (Å²) in [5, 5.41) is 3.33. The van der Waals surface area contributed by atoms with Gasteiger partial charge in [0.2, 0.25) is 0 Å². The van der Waals surface area contributed by atoms with Crippen LogP contribution in [0.2, 0.25) is 0 Å². The Kier molecular flexibility index (Phi) is 4.50. The van der Waals surface area contributed by atoms with E-state index in [1.807, 2.05) is 11.8 Å². The lowest BCUT2D eigenvalue weighted by Gasteiger charge is -2.38. The highest BCUT2D eigenvalue weighted by molar-refractivity contribution is 7.99. The van der Waals surface area contributed by atoms with Gasteiger partial charge >= 0.3 is 0 Å². The van der Waals surface area contributed by atoms with E-state index >= 15 is 0 Å². The summed E-state index contributed by atoms with van der Waals surface area (Å²) in [6.45, 7) is 2.48. The Labute approximate surface area is 135 Å². The zero-order chi connectivity index (χ0) is 15.7. The summed E-state index contributed by atoms with van der Waals surface area (Å²) < 4.78 is 0. The van der Waals surface area contributed by atoms with Crippen LogP contribution < -0.4 is 21.1 Å². The van der Waals surface area contributed by atoms with Gasteiger partial charge in [0.25, 0.3) is 10.9 Å². The Bertz CT molecular complexity index is 595. The van der Waals surface area contributed by atoms with Gasteiger partial charge in [-0.2, -0.15) is 11.8 Å². The predicted octanol–water partition coefficient (Wildman–Crippen LogP) is 1.12. The van der Waals surface area contributed by atoms with Crippen LogP contribution in [-0.2, 0) is 0 Å². The zero-order valence-corrected chi connectivity index (χ0v) is 14.3. The third kappa shape index (κ3) is 2.67. The van der Waals surface area contributed by atoms with Gasteiger partial charge in [-0.1, -0.05) is 12.8 Å². The van der Waals surface area contributed by atoms with Crippen molar-refractivity contribution in [2.45, 2.75) is 31.2 Å². The molecule has 0 unspecified atom stereocenters. The van der Waals surface area contributed by atoms with Gasteiger partial charge in [-0.25, -0.2) is 0 Å². The van der Waals surface area contributed by atoms with Gasteiger partial charge in [-0.3, -0.25) is 9.59 Å². The van der Waals surface area contributed by atoms with E-state index in [4.69, 9.17) is 0 Å². The number of hydrogen-bond donors (Lipinski definition) is 1. The monoisotopic (exact) mass is 323 g/mol. The quantitative estimate of drug-likeness (QED) is 0.820. The van der Waals surface area contributed by atoms with E-state index in [0.717, 1.165) is 44.0 Å². The van der Waals surface area contributed by atoms with Crippen LogP contribution >= 0.6 is 11.8 Å². The van der Waals surface area contributed by atoms with Crippen LogP contribution in [0.1, 0.15) is 25.7 Å². The molecule has 1 aliphatic heterocycles. The van der Waals surface area contributed by atoms with E-state index in [0.29, 0.717) is 11.4 Å². The van der Waals surface area contributed by atoms with Gasteiger partial charge in [-0.15, -0.1) is 0 Å². The lowest BCUT2D eigenvalue weighted by Crippen LogP contribution is -2.50. The SMILES string of the molecule is CN(C)C1(CNc2c(N3CCSCC3)c(=O)c2=O)CCCC1. The van der Waals surface area contributed by atoms with Crippen LogP contribution in [0.15, 0.2) is 9.59 Å². The van der Waals surface area contributed by atoms with Crippen molar-refractivity contribution in [2.75, 3.05) is 55.5 Å². The van der Waals surface area contributed by atoms with E-state index in [2.05, 4.69) is 29.2 Å². The largest absolute Gasteiger partial charge is 0.378 e. The summed E-state index contributed by atoms with van der Waals surface area (Å²) in [4.78, 5) is 28.3. The molecular weight excluding hydrogens is 298 g/mol. The van der Waals surface area contributed by atoms with Gasteiger partial charge in [0.15, 0.2) is 0 Å². The van der Waals surface area contributed by atoms with E-state index in [1.165, 1.54) is 12.8 Å². The molecule has 1 aromatic carbocycles. The van der Waals surface area contributed by atoms with Crippen LogP contribution in [0.25, 0.3) is 0 Å². The molecule has 1 aromatic rings. The highest BCUT2D eigenvalue weighted by Gasteiger charge is 2.37. The Morgan fingerprint density at radius 2 is 1.77 bits per heavy atom. The van der Waals surface area contributed by atoms with E-state index < -0.39 is 0 Å². The summed E-state index contributed by atoms with van der Waals surface area (Å²) in [6, 6.07) is 0. The maximum absolute atomic E-state index is 12.0. The number of hydrogen-bond acceptors (Lipinski definition) is 6. The number of thioether (sulfide) groups is 1. The van der Waals surface area contributed by atoms with Crippen LogP contribution in [0.4, 0.5) is 11.4 Å². The molecule has 22 heavy (non-hydrogen) atoms. The number of nitrogens with zero attached hydrogens (tertiary/aromatic N) is 2. The molecule has 1 N–H and O–H groups in total. The Morgan fingerprint density at radius 3 is 2.36 bits per heavy atom. The first-order valence-corrected chi connectivity index (χ1v) is 9.28. The van der Waals surface area contributed by atoms with Crippen LogP contribution in [0.3, 0.4) is 0 Å². The summed E-state index contributed by atoms with van der Waals surface area (Å²) in [5.74, 6) is 2.06. The standard InChI is InChI=1S/C16H25N3O2S/c1-18(2)16(5-3-4-6-16)11-17-12-13(15(21)14(12)20)19-7-9-22-10-8-19/h17H,3-11H2,1-2H3. The highest BCUT2D eigenvalue weighted by atomic mass is 32.2. The molecule has 122 valence electrons. The Balaban J connectivity index is 1.74. The maximum atomic E-state index is 12.0. The van der Waals surface area contributed by atoms with Gasteiger partial charge in [-0.05, 0) is 26.9 Å². The summed E-state index contributed by atoms with van der Waals surface area (Å²) in [5.41, 5.74) is 0.677. The Morgan fingerprint density at radius 1 is 1.14 bits per heavy atom. The molecular formula is C16H25N3O2S. The average molecular weight is 323 g/mol. The minimum atomic E-state index is -0.333. The summed E-state index contributed by atoms with van der Waals surface area (Å²) in [6.07, 6.45) is 4.78. The number of anilines is 2. The average Bonchev–Trinajstić information content (AvgIpc) is 3.01.